The minimum atomic E-state index is -4.56. The number of carbonyl (C=O) groups is 1. The number of aryl methyl sites for hydroxylation is 1. The van der Waals surface area contributed by atoms with E-state index in [2.05, 4.69) is 10.3 Å². The van der Waals surface area contributed by atoms with Gasteiger partial charge in [0.25, 0.3) is 5.56 Å². The second kappa shape index (κ2) is 7.03. The van der Waals surface area contributed by atoms with Crippen LogP contribution in [0.5, 0.6) is 0 Å². The molecular weight excluding hydrogens is 345 g/mol. The Morgan fingerprint density at radius 3 is 2.50 bits per heavy atom. The Labute approximate surface area is 146 Å². The smallest absolute Gasteiger partial charge is 0.325 e. The molecule has 1 aromatic heterocycles. The number of pyridine rings is 1. The molecule has 4 nitrogen and oxygen atoms in total. The zero-order valence-electron chi connectivity index (χ0n) is 13.6. The minimum absolute atomic E-state index is 0.104. The van der Waals surface area contributed by atoms with E-state index in [1.165, 1.54) is 18.2 Å². The van der Waals surface area contributed by atoms with Gasteiger partial charge < -0.3 is 10.3 Å². The van der Waals surface area contributed by atoms with Gasteiger partial charge in [-0.2, -0.15) is 13.2 Å². The number of aromatic amines is 1. The van der Waals surface area contributed by atoms with Crippen LogP contribution in [0, 0.1) is 0 Å². The number of hydrogen-bond donors (Lipinski definition) is 2. The van der Waals surface area contributed by atoms with Gasteiger partial charge in [0.05, 0.1) is 11.3 Å². The van der Waals surface area contributed by atoms with Gasteiger partial charge in [-0.05, 0) is 36.1 Å². The largest absolute Gasteiger partial charge is 0.418 e. The molecule has 134 valence electrons. The Morgan fingerprint density at radius 2 is 1.73 bits per heavy atom. The second-order valence-corrected chi connectivity index (χ2v) is 5.80. The van der Waals surface area contributed by atoms with Gasteiger partial charge in [0, 0.05) is 17.5 Å². The lowest BCUT2D eigenvalue weighted by atomic mass is 10.1. The molecule has 2 aromatic carbocycles. The monoisotopic (exact) mass is 360 g/mol. The number of benzene rings is 2. The van der Waals surface area contributed by atoms with Crippen molar-refractivity contribution in [1.29, 1.82) is 0 Å². The van der Waals surface area contributed by atoms with Gasteiger partial charge in [-0.15, -0.1) is 0 Å². The predicted octanol–water partition coefficient (Wildman–Crippen LogP) is 4.12. The Bertz CT molecular complexity index is 1010. The first-order chi connectivity index (χ1) is 12.3. The summed E-state index contributed by atoms with van der Waals surface area (Å²) in [5.41, 5.74) is -0.422. The number of aromatic nitrogens is 1. The van der Waals surface area contributed by atoms with E-state index in [0.29, 0.717) is 11.1 Å². The van der Waals surface area contributed by atoms with Gasteiger partial charge in [-0.3, -0.25) is 9.59 Å². The van der Waals surface area contributed by atoms with Crippen molar-refractivity contribution in [2.75, 3.05) is 5.32 Å². The van der Waals surface area contributed by atoms with Crippen LogP contribution in [-0.2, 0) is 17.4 Å². The number of amides is 1. The molecule has 26 heavy (non-hydrogen) atoms. The van der Waals surface area contributed by atoms with Crippen molar-refractivity contribution in [3.05, 3.63) is 76.1 Å². The van der Waals surface area contributed by atoms with Crippen LogP contribution < -0.4 is 10.9 Å². The molecule has 7 heteroatoms. The number of H-pyrrole nitrogens is 1. The summed E-state index contributed by atoms with van der Waals surface area (Å²) < 4.78 is 38.9. The fourth-order valence-corrected chi connectivity index (χ4v) is 2.68. The highest BCUT2D eigenvalue weighted by Crippen LogP contribution is 2.34. The maximum absolute atomic E-state index is 13.0. The lowest BCUT2D eigenvalue weighted by molar-refractivity contribution is -0.137. The molecular formula is C19H15F3N2O2. The molecule has 3 rings (SSSR count). The summed E-state index contributed by atoms with van der Waals surface area (Å²) in [6, 6.07) is 13.7. The van der Waals surface area contributed by atoms with Crippen molar-refractivity contribution in [1.82, 2.24) is 4.98 Å². The quantitative estimate of drug-likeness (QED) is 0.735. The molecule has 3 aromatic rings. The first-order valence-electron chi connectivity index (χ1n) is 7.91. The van der Waals surface area contributed by atoms with E-state index in [1.807, 2.05) is 12.1 Å². The number of nitrogens with one attached hydrogen (secondary N) is 2. The second-order valence-electron chi connectivity index (χ2n) is 5.80. The first kappa shape index (κ1) is 17.7. The van der Waals surface area contributed by atoms with E-state index in [4.69, 9.17) is 0 Å². The van der Waals surface area contributed by atoms with Crippen LogP contribution in [0.2, 0.25) is 0 Å². The summed E-state index contributed by atoms with van der Waals surface area (Å²) in [4.78, 5) is 26.8. The van der Waals surface area contributed by atoms with Crippen LogP contribution in [0.3, 0.4) is 0 Å². The van der Waals surface area contributed by atoms with Gasteiger partial charge in [0.1, 0.15) is 0 Å². The third-order valence-corrected chi connectivity index (χ3v) is 3.96. The van der Waals surface area contributed by atoms with Crippen molar-refractivity contribution in [2.45, 2.75) is 19.0 Å². The molecule has 2 N–H and O–H groups in total. The molecule has 0 radical (unpaired) electrons. The van der Waals surface area contributed by atoms with E-state index in [9.17, 15) is 22.8 Å². The average Bonchev–Trinajstić information content (AvgIpc) is 2.59. The number of anilines is 1. The van der Waals surface area contributed by atoms with Crippen LogP contribution in [0.25, 0.3) is 10.9 Å². The van der Waals surface area contributed by atoms with E-state index in [0.717, 1.165) is 11.5 Å². The molecule has 0 bridgehead atoms. The molecule has 0 spiro atoms. The number of alkyl halides is 3. The normalized spacial score (nSPS) is 11.5. The standard InChI is InChI=1S/C19H15F3N2O2/c20-19(21,22)14-6-2-4-8-16(14)23-17(25)10-9-13-11-12-5-1-3-7-15(12)24-18(13)26/h1-8,11H,9-10H2,(H,23,25)(H,24,26). The Kier molecular flexibility index (Phi) is 4.79. The molecule has 0 saturated carbocycles. The van der Waals surface area contributed by atoms with Gasteiger partial charge >= 0.3 is 6.18 Å². The molecule has 0 saturated heterocycles. The van der Waals surface area contributed by atoms with E-state index >= 15 is 0 Å². The van der Waals surface area contributed by atoms with Gasteiger partial charge in [0.2, 0.25) is 5.91 Å². The van der Waals surface area contributed by atoms with Crippen LogP contribution in [0.15, 0.2) is 59.4 Å². The van der Waals surface area contributed by atoms with E-state index in [1.54, 1.807) is 18.2 Å². The Hall–Kier alpha value is -3.09. The lowest BCUT2D eigenvalue weighted by Crippen LogP contribution is -2.19. The van der Waals surface area contributed by atoms with Crippen molar-refractivity contribution in [2.24, 2.45) is 0 Å². The minimum Gasteiger partial charge on any atom is -0.325 e. The lowest BCUT2D eigenvalue weighted by Gasteiger charge is -2.13. The van der Waals surface area contributed by atoms with Crippen molar-refractivity contribution >= 4 is 22.5 Å². The van der Waals surface area contributed by atoms with Crippen LogP contribution >= 0.6 is 0 Å². The third-order valence-electron chi connectivity index (χ3n) is 3.96. The number of halogens is 3. The molecule has 1 heterocycles. The van der Waals surface area contributed by atoms with Crippen molar-refractivity contribution in [3.8, 4) is 0 Å². The Balaban J connectivity index is 1.73. The van der Waals surface area contributed by atoms with Crippen molar-refractivity contribution < 1.29 is 18.0 Å². The highest BCUT2D eigenvalue weighted by Gasteiger charge is 2.33. The Morgan fingerprint density at radius 1 is 1.04 bits per heavy atom. The van der Waals surface area contributed by atoms with Crippen LogP contribution in [0.4, 0.5) is 18.9 Å². The number of fused-ring (bicyclic) bond motifs is 1. The summed E-state index contributed by atoms with van der Waals surface area (Å²) in [6.45, 7) is 0. The predicted molar refractivity (Wildman–Crippen MR) is 93.0 cm³/mol. The molecule has 1 amide bonds. The van der Waals surface area contributed by atoms with Gasteiger partial charge in [0.15, 0.2) is 0 Å². The maximum Gasteiger partial charge on any atom is 0.418 e. The third kappa shape index (κ3) is 3.93. The summed E-state index contributed by atoms with van der Waals surface area (Å²) in [6.07, 6.45) is -4.53. The van der Waals surface area contributed by atoms with Crippen LogP contribution in [0.1, 0.15) is 17.5 Å². The molecule has 0 aliphatic carbocycles. The summed E-state index contributed by atoms with van der Waals surface area (Å²) in [7, 11) is 0. The number of rotatable bonds is 4. The van der Waals surface area contributed by atoms with E-state index in [-0.39, 0.29) is 24.1 Å². The maximum atomic E-state index is 13.0. The summed E-state index contributed by atoms with van der Waals surface area (Å²) in [5, 5.41) is 3.10. The fourth-order valence-electron chi connectivity index (χ4n) is 2.68. The van der Waals surface area contributed by atoms with E-state index < -0.39 is 17.6 Å². The molecule has 0 fully saturated rings. The van der Waals surface area contributed by atoms with Crippen LogP contribution in [-0.4, -0.2) is 10.9 Å². The zero-order chi connectivity index (χ0) is 18.7. The topological polar surface area (TPSA) is 62.0 Å². The average molecular weight is 360 g/mol. The van der Waals surface area contributed by atoms with Crippen molar-refractivity contribution in [3.63, 3.8) is 0 Å². The molecule has 0 atom stereocenters. The number of carbonyl (C=O) groups excluding carboxylic acids is 1. The van der Waals surface area contributed by atoms with Gasteiger partial charge in [-0.25, -0.2) is 0 Å². The first-order valence-corrected chi connectivity index (χ1v) is 7.91. The number of para-hydroxylation sites is 2. The molecule has 0 unspecified atom stereocenters. The number of hydrogen-bond acceptors (Lipinski definition) is 2. The summed E-state index contributed by atoms with van der Waals surface area (Å²) in [5.74, 6) is -0.589. The highest BCUT2D eigenvalue weighted by atomic mass is 19.4. The zero-order valence-corrected chi connectivity index (χ0v) is 13.6. The highest BCUT2D eigenvalue weighted by molar-refractivity contribution is 5.91. The summed E-state index contributed by atoms with van der Waals surface area (Å²) >= 11 is 0. The fraction of sp³-hybridized carbons (Fsp3) is 0.158. The SMILES string of the molecule is O=C(CCc1cc2ccccc2[nH]c1=O)Nc1ccccc1C(F)(F)F. The molecule has 0 aliphatic rings. The molecule has 0 aliphatic heterocycles. The van der Waals surface area contributed by atoms with Gasteiger partial charge in [-0.1, -0.05) is 30.3 Å².